The van der Waals surface area contributed by atoms with Gasteiger partial charge in [0.1, 0.15) is 5.78 Å². The first-order valence-electron chi connectivity index (χ1n) is 5.91. The summed E-state index contributed by atoms with van der Waals surface area (Å²) in [5.74, 6) is 0.575. The number of imidazole rings is 1. The van der Waals surface area contributed by atoms with Crippen LogP contribution in [-0.4, -0.2) is 40.6 Å². The van der Waals surface area contributed by atoms with Gasteiger partial charge in [0.25, 0.3) is 0 Å². The van der Waals surface area contributed by atoms with Crippen molar-refractivity contribution in [1.29, 1.82) is 0 Å². The van der Waals surface area contributed by atoms with Gasteiger partial charge in [-0.3, -0.25) is 4.79 Å². The van der Waals surface area contributed by atoms with Gasteiger partial charge in [-0.1, -0.05) is 0 Å². The van der Waals surface area contributed by atoms with E-state index in [1.165, 1.54) is 0 Å². The smallest absolute Gasteiger partial charge is 0.231 e. The Morgan fingerprint density at radius 2 is 2.39 bits per heavy atom. The Bertz CT molecular complexity index is 593. The Morgan fingerprint density at radius 1 is 1.50 bits per heavy atom. The summed E-state index contributed by atoms with van der Waals surface area (Å²) in [6.07, 6.45) is 2.28. The third-order valence-corrected chi connectivity index (χ3v) is 3.22. The number of carbonyl (C=O) groups excluding carboxylic acids is 1. The molecule has 94 valence electrons. The fourth-order valence-electron chi connectivity index (χ4n) is 2.24. The number of aromatic nitrogens is 3. The maximum absolute atomic E-state index is 12.0. The van der Waals surface area contributed by atoms with Crippen LogP contribution in [0.25, 0.3) is 5.65 Å². The lowest BCUT2D eigenvalue weighted by atomic mass is 9.95. The van der Waals surface area contributed by atoms with Crippen molar-refractivity contribution in [2.24, 2.45) is 0 Å². The quantitative estimate of drug-likeness (QED) is 0.830. The number of rotatable bonds is 2. The van der Waals surface area contributed by atoms with E-state index in [-0.39, 0.29) is 11.7 Å². The number of ketones is 1. The molecule has 1 saturated heterocycles. The monoisotopic (exact) mass is 246 g/mol. The third-order valence-electron chi connectivity index (χ3n) is 3.22. The highest BCUT2D eigenvalue weighted by Gasteiger charge is 2.27. The molecule has 6 heteroatoms. The van der Waals surface area contributed by atoms with Crippen LogP contribution in [0.1, 0.15) is 18.0 Å². The summed E-state index contributed by atoms with van der Waals surface area (Å²) in [4.78, 5) is 16.2. The van der Waals surface area contributed by atoms with Crippen LogP contribution in [0.4, 0.5) is 0 Å². The molecule has 0 saturated carbocycles. The Balaban J connectivity index is 2.07. The zero-order chi connectivity index (χ0) is 12.5. The van der Waals surface area contributed by atoms with Gasteiger partial charge in [0, 0.05) is 25.6 Å². The molecule has 6 nitrogen and oxygen atoms in total. The lowest BCUT2D eigenvalue weighted by molar-refractivity contribution is -0.121. The van der Waals surface area contributed by atoms with E-state index in [4.69, 9.17) is 4.74 Å². The molecule has 1 N–H and O–H groups in total. The Labute approximate surface area is 104 Å². The molecule has 0 aliphatic carbocycles. The van der Waals surface area contributed by atoms with E-state index in [2.05, 4.69) is 15.4 Å². The molecule has 1 aliphatic rings. The second kappa shape index (κ2) is 4.38. The molecule has 1 unspecified atom stereocenters. The number of hydrogen-bond acceptors (Lipinski definition) is 5. The molecule has 2 aromatic heterocycles. The Morgan fingerprint density at radius 3 is 3.17 bits per heavy atom. The molecule has 0 aromatic carbocycles. The summed E-state index contributed by atoms with van der Waals surface area (Å²) < 4.78 is 6.79. The molecule has 18 heavy (non-hydrogen) atoms. The summed E-state index contributed by atoms with van der Waals surface area (Å²) >= 11 is 0. The van der Waals surface area contributed by atoms with Gasteiger partial charge in [0.15, 0.2) is 5.65 Å². The van der Waals surface area contributed by atoms with Crippen LogP contribution in [0, 0.1) is 0 Å². The van der Waals surface area contributed by atoms with Crippen molar-refractivity contribution < 1.29 is 9.53 Å². The number of methoxy groups -OCH3 is 1. The first kappa shape index (κ1) is 11.2. The summed E-state index contributed by atoms with van der Waals surface area (Å²) in [5, 5.41) is 7.54. The average molecular weight is 246 g/mol. The molecule has 0 radical (unpaired) electrons. The van der Waals surface area contributed by atoms with Crippen LogP contribution in [-0.2, 0) is 4.79 Å². The van der Waals surface area contributed by atoms with Crippen LogP contribution in [0.5, 0.6) is 5.88 Å². The molecular weight excluding hydrogens is 232 g/mol. The molecule has 3 rings (SSSR count). The highest BCUT2D eigenvalue weighted by atomic mass is 16.5. The highest BCUT2D eigenvalue weighted by molar-refractivity contribution is 5.86. The van der Waals surface area contributed by atoms with Crippen molar-refractivity contribution in [2.45, 2.75) is 12.3 Å². The second-order valence-electron chi connectivity index (χ2n) is 4.30. The zero-order valence-corrected chi connectivity index (χ0v) is 10.1. The van der Waals surface area contributed by atoms with E-state index in [0.29, 0.717) is 18.8 Å². The number of carbonyl (C=O) groups is 1. The first-order valence-corrected chi connectivity index (χ1v) is 5.91. The zero-order valence-electron chi connectivity index (χ0n) is 10.1. The highest BCUT2D eigenvalue weighted by Crippen LogP contribution is 2.21. The van der Waals surface area contributed by atoms with Crippen molar-refractivity contribution in [2.75, 3.05) is 20.2 Å². The number of hydrogen-bond donors (Lipinski definition) is 1. The molecule has 0 spiro atoms. The minimum atomic E-state index is -0.173. The number of nitrogens with zero attached hydrogens (tertiary/aromatic N) is 3. The fraction of sp³-hybridized carbons (Fsp3) is 0.417. The summed E-state index contributed by atoms with van der Waals surface area (Å²) in [6.45, 7) is 1.40. The van der Waals surface area contributed by atoms with Crippen LogP contribution in [0.15, 0.2) is 18.3 Å². The van der Waals surface area contributed by atoms with Gasteiger partial charge in [0.05, 0.1) is 24.9 Å². The number of piperidine rings is 1. The number of ether oxygens (including phenoxy) is 1. The van der Waals surface area contributed by atoms with E-state index in [9.17, 15) is 4.79 Å². The van der Waals surface area contributed by atoms with Gasteiger partial charge in [-0.2, -0.15) is 0 Å². The molecule has 1 fully saturated rings. The average Bonchev–Trinajstić information content (AvgIpc) is 2.82. The van der Waals surface area contributed by atoms with Crippen molar-refractivity contribution in [3.8, 4) is 5.88 Å². The minimum Gasteiger partial charge on any atom is -0.480 e. The Kier molecular flexibility index (Phi) is 2.71. The van der Waals surface area contributed by atoms with Crippen LogP contribution < -0.4 is 10.1 Å². The van der Waals surface area contributed by atoms with E-state index in [0.717, 1.165) is 17.9 Å². The minimum absolute atomic E-state index is 0.173. The third kappa shape index (κ3) is 1.74. The number of nitrogens with one attached hydrogen (secondary N) is 1. The standard InChI is InChI=1S/C12H14N4O2/c1-18-12-3-2-11-14-7-9(16(11)15-12)8-6-13-5-4-10(8)17/h2-3,7-8,13H,4-6H2,1H3. The fourth-order valence-corrected chi connectivity index (χ4v) is 2.24. The van der Waals surface area contributed by atoms with Gasteiger partial charge in [0.2, 0.25) is 5.88 Å². The molecule has 0 bridgehead atoms. The van der Waals surface area contributed by atoms with E-state index < -0.39 is 0 Å². The second-order valence-corrected chi connectivity index (χ2v) is 4.30. The van der Waals surface area contributed by atoms with E-state index in [1.807, 2.05) is 6.07 Å². The number of Topliss-reactive ketones (excluding diaryl/α,β-unsaturated/α-hetero) is 1. The topological polar surface area (TPSA) is 68.5 Å². The molecule has 3 heterocycles. The van der Waals surface area contributed by atoms with Gasteiger partial charge < -0.3 is 10.1 Å². The maximum Gasteiger partial charge on any atom is 0.231 e. The first-order chi connectivity index (χ1) is 8.79. The lowest BCUT2D eigenvalue weighted by Crippen LogP contribution is -2.36. The molecule has 1 aliphatic heterocycles. The van der Waals surface area contributed by atoms with Crippen molar-refractivity contribution >= 4 is 11.4 Å². The van der Waals surface area contributed by atoms with Gasteiger partial charge in [-0.15, -0.1) is 5.10 Å². The van der Waals surface area contributed by atoms with Gasteiger partial charge in [-0.25, -0.2) is 9.50 Å². The van der Waals surface area contributed by atoms with Crippen LogP contribution in [0.3, 0.4) is 0 Å². The van der Waals surface area contributed by atoms with Gasteiger partial charge >= 0.3 is 0 Å². The van der Waals surface area contributed by atoms with Crippen molar-refractivity contribution in [3.05, 3.63) is 24.0 Å². The lowest BCUT2D eigenvalue weighted by Gasteiger charge is -2.20. The molecule has 0 amide bonds. The van der Waals surface area contributed by atoms with Crippen molar-refractivity contribution in [1.82, 2.24) is 19.9 Å². The molecular formula is C12H14N4O2. The maximum atomic E-state index is 12.0. The SMILES string of the molecule is COc1ccc2ncc(C3CNCCC3=O)n2n1. The Hall–Kier alpha value is -1.95. The summed E-state index contributed by atoms with van der Waals surface area (Å²) in [7, 11) is 1.57. The van der Waals surface area contributed by atoms with Gasteiger partial charge in [-0.05, 0) is 6.07 Å². The van der Waals surface area contributed by atoms with Crippen LogP contribution >= 0.6 is 0 Å². The normalized spacial score (nSPS) is 20.3. The van der Waals surface area contributed by atoms with Crippen molar-refractivity contribution in [3.63, 3.8) is 0 Å². The van der Waals surface area contributed by atoms with E-state index >= 15 is 0 Å². The van der Waals surface area contributed by atoms with E-state index in [1.54, 1.807) is 23.9 Å². The summed E-state index contributed by atoms with van der Waals surface area (Å²) in [6, 6.07) is 3.59. The molecule has 1 atom stereocenters. The molecule has 2 aromatic rings. The summed E-state index contributed by atoms with van der Waals surface area (Å²) in [5.41, 5.74) is 1.55. The predicted octanol–water partition coefficient (Wildman–Crippen LogP) is 0.384. The largest absolute Gasteiger partial charge is 0.480 e. The predicted molar refractivity (Wildman–Crippen MR) is 64.8 cm³/mol. The van der Waals surface area contributed by atoms with Crippen LogP contribution in [0.2, 0.25) is 0 Å². The number of fused-ring (bicyclic) bond motifs is 1.